The van der Waals surface area contributed by atoms with E-state index >= 15 is 0 Å². The summed E-state index contributed by atoms with van der Waals surface area (Å²) >= 11 is 13.8. The fourth-order valence-electron chi connectivity index (χ4n) is 0.403. The van der Waals surface area contributed by atoms with E-state index in [0.29, 0.717) is 3.91 Å². The van der Waals surface area contributed by atoms with Gasteiger partial charge in [-0.1, -0.05) is 23.5 Å². The summed E-state index contributed by atoms with van der Waals surface area (Å²) < 4.78 is 2.69. The second kappa shape index (κ2) is 3.76. The molecule has 0 nitrogen and oxygen atoms in total. The van der Waals surface area contributed by atoms with Crippen LogP contribution in [0.25, 0.3) is 0 Å². The zero-order chi connectivity index (χ0) is 6.85. The van der Waals surface area contributed by atoms with Crippen LogP contribution >= 0.6 is 60.5 Å². The molecule has 1 rings (SSSR count). The molecule has 5 heteroatoms. The van der Waals surface area contributed by atoms with Crippen molar-refractivity contribution in [2.24, 2.45) is 0 Å². The van der Waals surface area contributed by atoms with Crippen LogP contribution in [0.5, 0.6) is 0 Å². The van der Waals surface area contributed by atoms with Crippen LogP contribution in [0.2, 0.25) is 0 Å². The van der Waals surface area contributed by atoms with E-state index in [-0.39, 0.29) is 0 Å². The third kappa shape index (κ3) is 2.22. The van der Waals surface area contributed by atoms with E-state index in [1.165, 1.54) is 0 Å². The van der Waals surface area contributed by atoms with E-state index in [1.807, 2.05) is 11.8 Å². The summed E-state index contributed by atoms with van der Waals surface area (Å²) in [6.07, 6.45) is 2.10. The van der Waals surface area contributed by atoms with Gasteiger partial charge in [-0.2, -0.15) is 0 Å². The molecule has 0 aromatic carbocycles. The van der Waals surface area contributed by atoms with Crippen molar-refractivity contribution in [2.75, 3.05) is 6.26 Å². The highest BCUT2D eigenvalue weighted by Gasteiger charge is 2.20. The number of thioether (sulfide) groups is 3. The lowest BCUT2D eigenvalue weighted by atomic mass is 11.2. The van der Waals surface area contributed by atoms with Gasteiger partial charge in [-0.25, -0.2) is 0 Å². The second-order valence-corrected chi connectivity index (χ2v) is 6.94. The van der Waals surface area contributed by atoms with E-state index < -0.39 is 0 Å². The third-order valence-electron chi connectivity index (χ3n) is 0.791. The fraction of sp³-hybridized carbons (Fsp3) is 0.500. The summed E-state index contributed by atoms with van der Waals surface area (Å²) in [6.45, 7) is 0. The van der Waals surface area contributed by atoms with Gasteiger partial charge in [0.05, 0.1) is 8.47 Å². The van der Waals surface area contributed by atoms with Gasteiger partial charge in [-0.15, -0.1) is 37.0 Å². The Bertz CT molecular complexity index is 126. The Kier molecular flexibility index (Phi) is 3.59. The molecule has 0 radical (unpaired) electrons. The Morgan fingerprint density at radius 2 is 1.78 bits per heavy atom. The molecule has 0 aromatic rings. The van der Waals surface area contributed by atoms with Gasteiger partial charge in [0.15, 0.2) is 0 Å². The normalized spacial score (nSPS) is 21.7. The number of rotatable bonds is 1. The molecule has 0 saturated heterocycles. The van der Waals surface area contributed by atoms with E-state index in [0.717, 1.165) is 8.47 Å². The first-order valence-electron chi connectivity index (χ1n) is 2.22. The lowest BCUT2D eigenvalue weighted by molar-refractivity contribution is 2.08. The zero-order valence-corrected chi connectivity index (χ0v) is 8.93. The number of hydrogen-bond donors (Lipinski definition) is 2. The van der Waals surface area contributed by atoms with Crippen molar-refractivity contribution < 1.29 is 0 Å². The van der Waals surface area contributed by atoms with Gasteiger partial charge in [-0.3, -0.25) is 0 Å². The van der Waals surface area contributed by atoms with Crippen molar-refractivity contribution in [1.29, 1.82) is 0 Å². The maximum Gasteiger partial charge on any atom is 0.106 e. The molecule has 0 aromatic heterocycles. The monoisotopic (exact) mass is 214 g/mol. The highest BCUT2D eigenvalue weighted by Crippen LogP contribution is 2.52. The van der Waals surface area contributed by atoms with E-state index in [2.05, 4.69) is 31.5 Å². The van der Waals surface area contributed by atoms with Crippen LogP contribution in [0, 0.1) is 0 Å². The average Bonchev–Trinajstić information content (AvgIpc) is 2.13. The summed E-state index contributed by atoms with van der Waals surface area (Å²) in [5.74, 6) is 0. The molecule has 0 atom stereocenters. The van der Waals surface area contributed by atoms with E-state index in [4.69, 9.17) is 0 Å². The average molecular weight is 214 g/mol. The van der Waals surface area contributed by atoms with Crippen molar-refractivity contribution in [3.63, 3.8) is 0 Å². The molecule has 0 aliphatic carbocycles. The Balaban J connectivity index is 2.48. The zero-order valence-electron chi connectivity index (χ0n) is 4.70. The van der Waals surface area contributed by atoms with Crippen LogP contribution in [-0.4, -0.2) is 10.2 Å². The Morgan fingerprint density at radius 1 is 1.33 bits per heavy atom. The van der Waals surface area contributed by atoms with Crippen LogP contribution in [0.4, 0.5) is 0 Å². The summed E-state index contributed by atoms with van der Waals surface area (Å²) in [5.41, 5.74) is 0. The molecule has 0 fully saturated rings. The first kappa shape index (κ1) is 8.59. The third-order valence-corrected chi connectivity index (χ3v) is 6.41. The minimum atomic E-state index is 0.574. The van der Waals surface area contributed by atoms with Gasteiger partial charge in [0.1, 0.15) is 3.91 Å². The van der Waals surface area contributed by atoms with Crippen molar-refractivity contribution in [2.45, 2.75) is 3.91 Å². The topological polar surface area (TPSA) is 0 Å². The predicted octanol–water partition coefficient (Wildman–Crippen LogP) is 3.10. The lowest BCUT2D eigenvalue weighted by Crippen LogP contribution is -1.78. The summed E-state index contributed by atoms with van der Waals surface area (Å²) in [4.78, 5) is 0. The van der Waals surface area contributed by atoms with Gasteiger partial charge in [0, 0.05) is 0 Å². The summed E-state index contributed by atoms with van der Waals surface area (Å²) in [6, 6.07) is 0. The molecule has 0 amide bonds. The molecule has 52 valence electrons. The molecule has 0 spiro atoms. The first-order chi connectivity index (χ1) is 4.24. The van der Waals surface area contributed by atoms with Crippen molar-refractivity contribution in [3.05, 3.63) is 8.47 Å². The van der Waals surface area contributed by atoms with Gasteiger partial charge >= 0.3 is 0 Å². The number of thiol groups is 2. The molecule has 1 aliphatic heterocycles. The van der Waals surface area contributed by atoms with Gasteiger partial charge in [0.25, 0.3) is 0 Å². The van der Waals surface area contributed by atoms with Gasteiger partial charge in [-0.05, 0) is 6.26 Å². The molecule has 1 aliphatic rings. The van der Waals surface area contributed by atoms with Crippen LogP contribution < -0.4 is 0 Å². The fourth-order valence-corrected chi connectivity index (χ4v) is 5.18. The smallest absolute Gasteiger partial charge is 0.106 e. The van der Waals surface area contributed by atoms with Crippen LogP contribution in [0.15, 0.2) is 8.47 Å². The molecule has 0 unspecified atom stereocenters. The van der Waals surface area contributed by atoms with E-state index in [9.17, 15) is 0 Å². The maximum atomic E-state index is 4.23. The Hall–Kier alpha value is 1.49. The minimum Gasteiger partial charge on any atom is -0.139 e. The second-order valence-electron chi connectivity index (χ2n) is 1.37. The van der Waals surface area contributed by atoms with Crippen molar-refractivity contribution in [1.82, 2.24) is 0 Å². The molecule has 9 heavy (non-hydrogen) atoms. The predicted molar refractivity (Wildman–Crippen MR) is 57.5 cm³/mol. The highest BCUT2D eigenvalue weighted by atomic mass is 32.3. The minimum absolute atomic E-state index is 0.574. The molecular weight excluding hydrogens is 208 g/mol. The summed E-state index contributed by atoms with van der Waals surface area (Å²) in [5, 5.41) is 0. The molecule has 0 bridgehead atoms. The largest absolute Gasteiger partial charge is 0.139 e. The molecular formula is C4H6S5. The highest BCUT2D eigenvalue weighted by molar-refractivity contribution is 8.42. The van der Waals surface area contributed by atoms with Crippen LogP contribution in [0.3, 0.4) is 0 Å². The Morgan fingerprint density at radius 3 is 2.00 bits per heavy atom. The number of hydrogen-bond acceptors (Lipinski definition) is 5. The maximum absolute atomic E-state index is 4.23. The lowest BCUT2D eigenvalue weighted by Gasteiger charge is -2.00. The molecule has 0 saturated carbocycles. The Labute approximate surface area is 78.8 Å². The first-order valence-corrected chi connectivity index (χ1v) is 6.16. The SMILES string of the molecule is CSC1SC(S)=C(S)S1. The van der Waals surface area contributed by atoms with Crippen molar-refractivity contribution in [3.8, 4) is 0 Å². The van der Waals surface area contributed by atoms with Gasteiger partial charge < -0.3 is 0 Å². The van der Waals surface area contributed by atoms with Crippen LogP contribution in [0.1, 0.15) is 0 Å². The molecule has 1 heterocycles. The standard InChI is InChI=1S/C4H6S5/c1-7-4-8-2(5)3(6)9-4/h4-6H,1H3. The van der Waals surface area contributed by atoms with Crippen LogP contribution in [-0.2, 0) is 0 Å². The molecule has 0 N–H and O–H groups in total. The summed E-state index contributed by atoms with van der Waals surface area (Å²) in [7, 11) is 0. The van der Waals surface area contributed by atoms with Crippen molar-refractivity contribution >= 4 is 60.5 Å². The van der Waals surface area contributed by atoms with E-state index in [1.54, 1.807) is 23.5 Å². The quantitative estimate of drug-likeness (QED) is 0.644. The van der Waals surface area contributed by atoms with Gasteiger partial charge in [0.2, 0.25) is 0 Å².